The molecule has 3 aromatic heterocycles. The highest BCUT2D eigenvalue weighted by Crippen LogP contribution is 2.23. The van der Waals surface area contributed by atoms with Crippen LogP contribution in [0.2, 0.25) is 0 Å². The van der Waals surface area contributed by atoms with E-state index in [2.05, 4.69) is 20.3 Å². The molecular weight excluding hydrogens is 405 g/mol. The Bertz CT molecular complexity index is 1200. The zero-order valence-electron chi connectivity index (χ0n) is 16.3. The molecule has 4 heterocycles. The molecule has 0 spiro atoms. The third-order valence-corrected chi connectivity index (χ3v) is 5.06. The van der Waals surface area contributed by atoms with Gasteiger partial charge in [-0.25, -0.2) is 24.1 Å². The van der Waals surface area contributed by atoms with Crippen molar-refractivity contribution in [2.45, 2.75) is 25.3 Å². The van der Waals surface area contributed by atoms with Gasteiger partial charge in [-0.1, -0.05) is 0 Å². The number of carboxylic acid groups (broad SMARTS) is 1. The summed E-state index contributed by atoms with van der Waals surface area (Å²) in [4.78, 5) is 38.0. The molecule has 4 rings (SSSR count). The first-order chi connectivity index (χ1) is 15.0. The number of carbonyl (C=O) groups excluding carboxylic acids is 1. The molecule has 1 aliphatic heterocycles. The van der Waals surface area contributed by atoms with Crippen LogP contribution in [0.5, 0.6) is 0 Å². The third-order valence-electron chi connectivity index (χ3n) is 5.06. The minimum Gasteiger partial charge on any atom is -0.477 e. The number of imidazole rings is 1. The molecule has 10 nitrogen and oxygen atoms in total. The summed E-state index contributed by atoms with van der Waals surface area (Å²) in [6.07, 6.45) is 5.14. The average molecular weight is 423 g/mol. The zero-order chi connectivity index (χ0) is 22.0. The fraction of sp³-hybridized carbons (Fsp3) is 0.300. The van der Waals surface area contributed by atoms with Gasteiger partial charge in [-0.15, -0.1) is 0 Å². The van der Waals surface area contributed by atoms with Crippen molar-refractivity contribution in [3.63, 3.8) is 0 Å². The highest BCUT2D eigenvalue weighted by Gasteiger charge is 2.26. The van der Waals surface area contributed by atoms with Crippen molar-refractivity contribution in [3.8, 4) is 17.6 Å². The number of likely N-dealkylation sites (tertiary alicyclic amines) is 1. The fourth-order valence-electron chi connectivity index (χ4n) is 3.59. The minimum absolute atomic E-state index is 0.100. The van der Waals surface area contributed by atoms with Crippen LogP contribution in [0.15, 0.2) is 30.7 Å². The Labute approximate surface area is 176 Å². The first-order valence-corrected chi connectivity index (χ1v) is 9.61. The van der Waals surface area contributed by atoms with E-state index < -0.39 is 11.8 Å². The van der Waals surface area contributed by atoms with Crippen LogP contribution in [-0.2, 0) is 4.79 Å². The van der Waals surface area contributed by atoms with E-state index in [-0.39, 0.29) is 35.6 Å². The lowest BCUT2D eigenvalue weighted by Gasteiger charge is -2.33. The second-order valence-corrected chi connectivity index (χ2v) is 7.14. The number of rotatable bonds is 5. The molecule has 0 radical (unpaired) electrons. The molecule has 1 atom stereocenters. The predicted molar refractivity (Wildman–Crippen MR) is 107 cm³/mol. The normalized spacial score (nSPS) is 16.1. The smallest absolute Gasteiger partial charge is 0.341 e. The number of hydrogen-bond acceptors (Lipinski definition) is 7. The summed E-state index contributed by atoms with van der Waals surface area (Å²) in [5, 5.41) is 21.4. The van der Waals surface area contributed by atoms with E-state index in [9.17, 15) is 19.1 Å². The molecule has 1 amide bonds. The van der Waals surface area contributed by atoms with Gasteiger partial charge < -0.3 is 15.3 Å². The number of piperidine rings is 1. The van der Waals surface area contributed by atoms with Crippen LogP contribution in [0.1, 0.15) is 29.6 Å². The average Bonchev–Trinajstić information content (AvgIpc) is 3.17. The molecule has 0 aliphatic carbocycles. The van der Waals surface area contributed by atoms with Gasteiger partial charge in [0.1, 0.15) is 35.0 Å². The number of amides is 1. The van der Waals surface area contributed by atoms with Crippen molar-refractivity contribution < 1.29 is 19.1 Å². The molecule has 2 N–H and O–H groups in total. The van der Waals surface area contributed by atoms with Crippen LogP contribution in [0, 0.1) is 17.1 Å². The number of nitrogens with zero attached hydrogens (tertiary/aromatic N) is 6. The Morgan fingerprint density at radius 3 is 2.94 bits per heavy atom. The van der Waals surface area contributed by atoms with Gasteiger partial charge in [-0.2, -0.15) is 5.26 Å². The van der Waals surface area contributed by atoms with Gasteiger partial charge in [-0.3, -0.25) is 9.20 Å². The van der Waals surface area contributed by atoms with Gasteiger partial charge in [0.05, 0.1) is 12.3 Å². The van der Waals surface area contributed by atoms with E-state index in [0.29, 0.717) is 37.3 Å². The van der Waals surface area contributed by atoms with Crippen LogP contribution >= 0.6 is 0 Å². The predicted octanol–water partition coefficient (Wildman–Crippen LogP) is 1.95. The molecule has 11 heteroatoms. The first-order valence-electron chi connectivity index (χ1n) is 9.61. The Kier molecular flexibility index (Phi) is 5.44. The number of carbonyl (C=O) groups is 2. The summed E-state index contributed by atoms with van der Waals surface area (Å²) >= 11 is 0. The van der Waals surface area contributed by atoms with E-state index in [1.54, 1.807) is 4.90 Å². The SMILES string of the molecule is N#CCC(=O)N1CCC[C@@H](Nc2nc(-c3cnc4ccc(F)cn34)ncc2C(=O)O)C1. The van der Waals surface area contributed by atoms with Gasteiger partial charge in [0.25, 0.3) is 0 Å². The van der Waals surface area contributed by atoms with Gasteiger partial charge in [0, 0.05) is 31.5 Å². The molecule has 1 fully saturated rings. The Balaban J connectivity index is 1.65. The topological polar surface area (TPSA) is 137 Å². The van der Waals surface area contributed by atoms with Crippen LogP contribution in [-0.4, -0.2) is 60.4 Å². The maximum atomic E-state index is 13.7. The van der Waals surface area contributed by atoms with Crippen LogP contribution < -0.4 is 5.32 Å². The van der Waals surface area contributed by atoms with E-state index in [0.717, 1.165) is 0 Å². The number of hydrogen-bond donors (Lipinski definition) is 2. The number of nitrogens with one attached hydrogen (secondary N) is 1. The second-order valence-electron chi connectivity index (χ2n) is 7.14. The number of anilines is 1. The molecule has 3 aromatic rings. The maximum absolute atomic E-state index is 13.7. The summed E-state index contributed by atoms with van der Waals surface area (Å²) < 4.78 is 15.2. The minimum atomic E-state index is -1.20. The number of halogens is 1. The highest BCUT2D eigenvalue weighted by molar-refractivity contribution is 5.93. The number of aromatic carboxylic acids is 1. The Morgan fingerprint density at radius 2 is 2.16 bits per heavy atom. The molecular formula is C20H18FN7O3. The number of aromatic nitrogens is 4. The largest absolute Gasteiger partial charge is 0.477 e. The molecule has 31 heavy (non-hydrogen) atoms. The summed E-state index contributed by atoms with van der Waals surface area (Å²) in [6, 6.07) is 4.41. The van der Waals surface area contributed by atoms with Crippen molar-refractivity contribution in [2.75, 3.05) is 18.4 Å². The maximum Gasteiger partial charge on any atom is 0.341 e. The first kappa shape index (κ1) is 20.2. The van der Waals surface area contributed by atoms with Gasteiger partial charge in [-0.05, 0) is 25.0 Å². The van der Waals surface area contributed by atoms with Crippen LogP contribution in [0.3, 0.4) is 0 Å². The number of nitriles is 1. The van der Waals surface area contributed by atoms with Crippen LogP contribution in [0.25, 0.3) is 17.2 Å². The number of fused-ring (bicyclic) bond motifs is 1. The van der Waals surface area contributed by atoms with Gasteiger partial charge in [0.15, 0.2) is 5.82 Å². The lowest BCUT2D eigenvalue weighted by atomic mass is 10.0. The van der Waals surface area contributed by atoms with E-state index >= 15 is 0 Å². The summed E-state index contributed by atoms with van der Waals surface area (Å²) in [7, 11) is 0. The van der Waals surface area contributed by atoms with Crippen molar-refractivity contribution in [3.05, 3.63) is 42.1 Å². The molecule has 158 valence electrons. The standard InChI is InChI=1S/C20H18FN7O3/c21-12-3-4-16-23-9-15(28(16)10-12)19-24-8-14(20(30)31)18(26-19)25-13-2-1-7-27(11-13)17(29)5-6-22/h3-4,8-10,13H,1-2,5,7,11H2,(H,30,31)(H,24,25,26)/t13-/m1/s1. The fourth-order valence-corrected chi connectivity index (χ4v) is 3.59. The molecule has 0 bridgehead atoms. The van der Waals surface area contributed by atoms with Crippen molar-refractivity contribution >= 4 is 23.3 Å². The Morgan fingerprint density at radius 1 is 1.32 bits per heavy atom. The quantitative estimate of drug-likeness (QED) is 0.635. The van der Waals surface area contributed by atoms with E-state index in [4.69, 9.17) is 5.26 Å². The number of pyridine rings is 1. The molecule has 1 aliphatic rings. The summed E-state index contributed by atoms with van der Waals surface area (Å²) in [5.74, 6) is -1.64. The highest BCUT2D eigenvalue weighted by atomic mass is 19.1. The van der Waals surface area contributed by atoms with Crippen LogP contribution in [0.4, 0.5) is 10.2 Å². The molecule has 0 aromatic carbocycles. The van der Waals surface area contributed by atoms with Gasteiger partial charge in [0.2, 0.25) is 5.91 Å². The monoisotopic (exact) mass is 423 g/mol. The number of carboxylic acids is 1. The second kappa shape index (κ2) is 8.35. The molecule has 0 saturated carbocycles. The lowest BCUT2D eigenvalue weighted by molar-refractivity contribution is -0.131. The molecule has 0 unspecified atom stereocenters. The van der Waals surface area contributed by atoms with E-state index in [1.165, 1.54) is 35.1 Å². The third kappa shape index (κ3) is 4.13. The summed E-state index contributed by atoms with van der Waals surface area (Å²) in [5.41, 5.74) is 0.781. The lowest BCUT2D eigenvalue weighted by Crippen LogP contribution is -2.45. The van der Waals surface area contributed by atoms with Crippen molar-refractivity contribution in [1.82, 2.24) is 24.3 Å². The summed E-state index contributed by atoms with van der Waals surface area (Å²) in [6.45, 7) is 0.882. The van der Waals surface area contributed by atoms with Crippen molar-refractivity contribution in [1.29, 1.82) is 5.26 Å². The molecule has 1 saturated heterocycles. The van der Waals surface area contributed by atoms with Gasteiger partial charge >= 0.3 is 5.97 Å². The van der Waals surface area contributed by atoms with E-state index in [1.807, 2.05) is 6.07 Å². The van der Waals surface area contributed by atoms with Crippen molar-refractivity contribution in [2.24, 2.45) is 0 Å². The zero-order valence-corrected chi connectivity index (χ0v) is 16.3. The Hall–Kier alpha value is -4.07.